The number of allylic oxidation sites excluding steroid dienone is 1. The van der Waals surface area contributed by atoms with Crippen LogP contribution in [0.3, 0.4) is 0 Å². The second kappa shape index (κ2) is 14.9. The molecule has 0 aliphatic rings. The number of carbonyl (C=O) groups excluding carboxylic acids is 1. The third-order valence-corrected chi connectivity index (χ3v) is 7.80. The second-order valence-corrected chi connectivity index (χ2v) is 12.2. The molecule has 4 rings (SSSR count). The number of rotatable bonds is 12. The topological polar surface area (TPSA) is 132 Å². The molecule has 13 heteroatoms. The summed E-state index contributed by atoms with van der Waals surface area (Å²) in [6.07, 6.45) is 6.24. The number of benzene rings is 2. The largest absolute Gasteiger partial charge is 0.453 e. The summed E-state index contributed by atoms with van der Waals surface area (Å²) >= 11 is 4.58. The first-order valence-corrected chi connectivity index (χ1v) is 15.7. The number of carbonyl (C=O) groups is 1. The fraction of sp³-hybridized carbons (Fsp3) is 0.194. The normalized spacial score (nSPS) is 11.7. The van der Waals surface area contributed by atoms with Gasteiger partial charge in [0.1, 0.15) is 5.75 Å². The van der Waals surface area contributed by atoms with E-state index in [-0.39, 0.29) is 27.8 Å². The fourth-order valence-corrected chi connectivity index (χ4v) is 4.87. The smallest absolute Gasteiger partial charge is 0.323 e. The summed E-state index contributed by atoms with van der Waals surface area (Å²) in [5.41, 5.74) is 3.62. The van der Waals surface area contributed by atoms with E-state index in [1.807, 2.05) is 31.3 Å². The van der Waals surface area contributed by atoms with E-state index in [1.54, 1.807) is 13.2 Å². The van der Waals surface area contributed by atoms with Gasteiger partial charge in [0.15, 0.2) is 21.4 Å². The van der Waals surface area contributed by atoms with E-state index in [1.165, 1.54) is 42.6 Å². The van der Waals surface area contributed by atoms with Gasteiger partial charge >= 0.3 is 6.03 Å². The molecular formula is C31H32FN5O5S2. The summed E-state index contributed by atoms with van der Waals surface area (Å²) in [6, 6.07) is 14.6. The molecule has 0 saturated heterocycles. The van der Waals surface area contributed by atoms with Crippen molar-refractivity contribution < 1.29 is 27.1 Å². The number of thiol groups is 1. The summed E-state index contributed by atoms with van der Waals surface area (Å²) in [6.45, 7) is 3.98. The Balaban J connectivity index is 1.41. The summed E-state index contributed by atoms with van der Waals surface area (Å²) in [7, 11) is -1.78. The lowest BCUT2D eigenvalue weighted by molar-refractivity contribution is 0.199. The lowest BCUT2D eigenvalue weighted by Gasteiger charge is -2.13. The average molecular weight is 638 g/mol. The van der Waals surface area contributed by atoms with E-state index < -0.39 is 21.7 Å². The molecule has 0 aliphatic heterocycles. The Morgan fingerprint density at radius 1 is 1.02 bits per heavy atom. The van der Waals surface area contributed by atoms with Gasteiger partial charge in [0.05, 0.1) is 27.8 Å². The highest BCUT2D eigenvalue weighted by Gasteiger charge is 2.14. The predicted molar refractivity (Wildman–Crippen MR) is 172 cm³/mol. The quantitative estimate of drug-likeness (QED) is 0.109. The van der Waals surface area contributed by atoms with Gasteiger partial charge in [0.25, 0.3) is 0 Å². The Hall–Kier alpha value is -4.30. The number of hydrogen-bond donors (Lipinski definition) is 4. The first-order chi connectivity index (χ1) is 21.0. The highest BCUT2D eigenvalue weighted by molar-refractivity contribution is 7.90. The Morgan fingerprint density at radius 3 is 2.48 bits per heavy atom. The number of amides is 2. The lowest BCUT2D eigenvalue weighted by atomic mass is 10.1. The van der Waals surface area contributed by atoms with Gasteiger partial charge in [0, 0.05) is 62.4 Å². The second-order valence-electron chi connectivity index (χ2n) is 9.72. The van der Waals surface area contributed by atoms with Crippen molar-refractivity contribution in [2.75, 3.05) is 37.2 Å². The third kappa shape index (κ3) is 9.10. The van der Waals surface area contributed by atoms with Crippen molar-refractivity contribution in [3.05, 3.63) is 95.8 Å². The average Bonchev–Trinajstić information content (AvgIpc) is 2.98. The number of halogens is 1. The third-order valence-electron chi connectivity index (χ3n) is 6.24. The molecule has 2 aromatic carbocycles. The number of aromatic nitrogens is 2. The number of urea groups is 1. The molecule has 230 valence electrons. The molecular weight excluding hydrogens is 606 g/mol. The number of anilines is 2. The van der Waals surface area contributed by atoms with Crippen molar-refractivity contribution in [2.45, 2.75) is 23.3 Å². The highest BCUT2D eigenvalue weighted by atomic mass is 32.2. The molecule has 2 aromatic heterocycles. The van der Waals surface area contributed by atoms with Crippen LogP contribution >= 0.6 is 12.6 Å². The van der Waals surface area contributed by atoms with Crippen molar-refractivity contribution in [3.63, 3.8) is 0 Å². The monoisotopic (exact) mass is 637 g/mol. The molecule has 0 radical (unpaired) electrons. The van der Waals surface area contributed by atoms with Crippen molar-refractivity contribution in [2.24, 2.45) is 0 Å². The summed E-state index contributed by atoms with van der Waals surface area (Å²) in [5.74, 6) is -0.516. The molecule has 0 fully saturated rings. The van der Waals surface area contributed by atoms with E-state index >= 15 is 0 Å². The molecule has 3 N–H and O–H groups in total. The number of nitrogens with one attached hydrogen (secondary N) is 3. The van der Waals surface area contributed by atoms with Crippen molar-refractivity contribution in [1.82, 2.24) is 15.3 Å². The number of ether oxygens (including phenoxy) is 2. The molecule has 0 saturated carbocycles. The zero-order valence-electron chi connectivity index (χ0n) is 24.3. The van der Waals surface area contributed by atoms with Gasteiger partial charge in [0.2, 0.25) is 0 Å². The number of hydrogen-bond acceptors (Lipinski definition) is 9. The highest BCUT2D eigenvalue weighted by Crippen LogP contribution is 2.33. The van der Waals surface area contributed by atoms with Crippen LogP contribution in [0.5, 0.6) is 11.5 Å². The van der Waals surface area contributed by atoms with Gasteiger partial charge in [-0.05, 0) is 60.5 Å². The zero-order valence-corrected chi connectivity index (χ0v) is 26.0. The molecule has 2 heterocycles. The number of pyridine rings is 2. The van der Waals surface area contributed by atoms with Crippen LogP contribution in [0, 0.1) is 5.82 Å². The summed E-state index contributed by atoms with van der Waals surface area (Å²) in [5, 5.41) is 8.32. The van der Waals surface area contributed by atoms with Crippen LogP contribution in [-0.2, 0) is 21.1 Å². The number of methoxy groups -OCH3 is 1. The van der Waals surface area contributed by atoms with Crippen LogP contribution in [0.25, 0.3) is 11.6 Å². The predicted octanol–water partition coefficient (Wildman–Crippen LogP) is 6.04. The maximum atomic E-state index is 15.0. The van der Waals surface area contributed by atoms with Crippen molar-refractivity contribution in [3.8, 4) is 11.5 Å². The van der Waals surface area contributed by atoms with E-state index in [9.17, 15) is 17.6 Å². The first kappa shape index (κ1) is 32.6. The number of sulfone groups is 1. The molecule has 0 bridgehead atoms. The lowest BCUT2D eigenvalue weighted by Crippen LogP contribution is -2.19. The van der Waals surface area contributed by atoms with Crippen LogP contribution in [0.4, 0.5) is 20.6 Å². The van der Waals surface area contributed by atoms with E-state index in [0.29, 0.717) is 23.7 Å². The van der Waals surface area contributed by atoms with E-state index in [4.69, 9.17) is 9.47 Å². The molecule has 0 aliphatic carbocycles. The standard InChI is InChI=1S/C31H32FN5O5S2/c1-20(26-9-7-21(19-35-26)18-33-13-14-41-2)15-27-30(43)29(11-12-34-27)42-28-10-8-23(17-25(28)32)37-31(38)36-22-5-4-6-24(16-22)44(3,39)40/h4-12,15-17,19,33,43H,13-14,18H2,1-3H3,(H2,36,37,38)/b20-15+. The molecule has 0 spiro atoms. The van der Waals surface area contributed by atoms with Gasteiger partial charge in [-0.2, -0.15) is 0 Å². The maximum absolute atomic E-state index is 15.0. The molecule has 10 nitrogen and oxygen atoms in total. The maximum Gasteiger partial charge on any atom is 0.323 e. The summed E-state index contributed by atoms with van der Waals surface area (Å²) in [4.78, 5) is 21.8. The van der Waals surface area contributed by atoms with Gasteiger partial charge < -0.3 is 25.4 Å². The van der Waals surface area contributed by atoms with Crippen LogP contribution in [0.2, 0.25) is 0 Å². The van der Waals surface area contributed by atoms with Crippen LogP contribution in [-0.4, -0.2) is 50.9 Å². The fourth-order valence-electron chi connectivity index (χ4n) is 3.97. The van der Waals surface area contributed by atoms with Crippen molar-refractivity contribution in [1.29, 1.82) is 0 Å². The molecule has 2 amide bonds. The van der Waals surface area contributed by atoms with Crippen LogP contribution < -0.4 is 20.7 Å². The molecule has 0 unspecified atom stereocenters. The van der Waals surface area contributed by atoms with Gasteiger partial charge in [-0.3, -0.25) is 9.97 Å². The minimum Gasteiger partial charge on any atom is -0.453 e. The Morgan fingerprint density at radius 2 is 1.80 bits per heavy atom. The molecule has 0 atom stereocenters. The number of nitrogens with zero attached hydrogens (tertiary/aromatic N) is 2. The zero-order chi connectivity index (χ0) is 31.7. The minimum absolute atomic E-state index is 0.0597. The van der Waals surface area contributed by atoms with E-state index in [0.717, 1.165) is 35.7 Å². The van der Waals surface area contributed by atoms with E-state index in [2.05, 4.69) is 38.5 Å². The first-order valence-electron chi connectivity index (χ1n) is 13.4. The summed E-state index contributed by atoms with van der Waals surface area (Å²) < 4.78 is 49.3. The molecule has 44 heavy (non-hydrogen) atoms. The van der Waals surface area contributed by atoms with Crippen LogP contribution in [0.15, 0.2) is 82.8 Å². The van der Waals surface area contributed by atoms with Gasteiger partial charge in [-0.15, -0.1) is 12.6 Å². The van der Waals surface area contributed by atoms with Crippen molar-refractivity contribution >= 4 is 51.5 Å². The SMILES string of the molecule is COCCNCc1ccc(/C(C)=C/c2nccc(Oc3ccc(NC(=O)Nc4cccc(S(C)(=O)=O)c4)cc3F)c2S)nc1. The Kier molecular flexibility index (Phi) is 11.1. The minimum atomic E-state index is -3.44. The molecule has 4 aromatic rings. The van der Waals surface area contributed by atoms with Gasteiger partial charge in [-0.1, -0.05) is 12.1 Å². The van der Waals surface area contributed by atoms with Gasteiger partial charge in [-0.25, -0.2) is 17.6 Å². The Labute approximate surface area is 261 Å². The van der Waals surface area contributed by atoms with Crippen LogP contribution in [0.1, 0.15) is 23.9 Å². The Bertz CT molecular complexity index is 1770.